The first-order chi connectivity index (χ1) is 5.97. The molecule has 0 atom stereocenters. The molecule has 0 aromatic heterocycles. The fourth-order valence-electron chi connectivity index (χ4n) is 0.825. The van der Waals surface area contributed by atoms with Gasteiger partial charge in [0.25, 0.3) is 0 Å². The van der Waals surface area contributed by atoms with Crippen LogP contribution >= 0.6 is 7.60 Å². The van der Waals surface area contributed by atoms with E-state index in [4.69, 9.17) is 9.05 Å². The molecule has 0 radical (unpaired) electrons. The number of hydrogen-bond donors (Lipinski definition) is 0. The van der Waals surface area contributed by atoms with Crippen molar-refractivity contribution >= 4 is 13.6 Å². The monoisotopic (exact) mass is 222 g/mol. The first-order valence-electron chi connectivity index (χ1n) is 4.45. The van der Waals surface area contributed by atoms with Crippen LogP contribution in [0.15, 0.2) is 0 Å². The van der Waals surface area contributed by atoms with Gasteiger partial charge in [0.15, 0.2) is 0 Å². The Kier molecular flexibility index (Phi) is 4.08. The number of carbonyl (C=O) groups is 1. The normalized spacial score (nSPS) is 14.1. The van der Waals surface area contributed by atoms with Crippen molar-refractivity contribution in [3.05, 3.63) is 0 Å². The molecule has 5 heteroatoms. The van der Waals surface area contributed by atoms with E-state index in [2.05, 4.69) is 0 Å². The Balaban J connectivity index is 4.67. The smallest absolute Gasteiger partial charge is 0.298 e. The van der Waals surface area contributed by atoms with E-state index in [0.717, 1.165) is 0 Å². The first-order valence-corrected chi connectivity index (χ1v) is 6.06. The summed E-state index contributed by atoms with van der Waals surface area (Å²) in [4.78, 5) is 10.7. The number of rotatable bonds is 3. The molecule has 0 fully saturated rings. The van der Waals surface area contributed by atoms with Crippen LogP contribution in [-0.2, 0) is 18.4 Å². The SMILES string of the molecule is CC(C)(C)OP(=O)(C=O)OC(C)(C)C. The molecule has 0 amide bonds. The molecule has 0 N–H and O–H groups in total. The van der Waals surface area contributed by atoms with Gasteiger partial charge in [-0.3, -0.25) is 18.4 Å². The zero-order chi connectivity index (χ0) is 11.6. The third-order valence-corrected chi connectivity index (χ3v) is 2.79. The summed E-state index contributed by atoms with van der Waals surface area (Å²) in [5.41, 5.74) is -1.33. The van der Waals surface area contributed by atoms with Gasteiger partial charge in [-0.25, -0.2) is 0 Å². The van der Waals surface area contributed by atoms with Crippen LogP contribution in [0.1, 0.15) is 41.5 Å². The second-order valence-corrected chi connectivity index (χ2v) is 6.71. The quantitative estimate of drug-likeness (QED) is 0.544. The topological polar surface area (TPSA) is 52.6 Å². The highest BCUT2D eigenvalue weighted by molar-refractivity contribution is 7.69. The fraction of sp³-hybridized carbons (Fsp3) is 0.889. The van der Waals surface area contributed by atoms with Gasteiger partial charge in [0.2, 0.25) is 6.03 Å². The molecule has 0 saturated heterocycles. The number of hydrogen-bond acceptors (Lipinski definition) is 4. The largest absolute Gasteiger partial charge is 0.394 e. The van der Waals surface area contributed by atoms with Crippen LogP contribution in [0.5, 0.6) is 0 Å². The molecule has 0 aliphatic carbocycles. The second kappa shape index (κ2) is 4.13. The van der Waals surface area contributed by atoms with Gasteiger partial charge in [-0.1, -0.05) is 0 Å². The Bertz CT molecular complexity index is 227. The van der Waals surface area contributed by atoms with Crippen molar-refractivity contribution in [2.24, 2.45) is 0 Å². The third kappa shape index (κ3) is 6.30. The summed E-state index contributed by atoms with van der Waals surface area (Å²) < 4.78 is 22.0. The Morgan fingerprint density at radius 3 is 1.36 bits per heavy atom. The molecule has 0 bridgehead atoms. The minimum atomic E-state index is -3.62. The van der Waals surface area contributed by atoms with Crippen LogP contribution in [0.2, 0.25) is 0 Å². The predicted molar refractivity (Wildman–Crippen MR) is 56.0 cm³/mol. The second-order valence-electron chi connectivity index (χ2n) is 5.05. The summed E-state index contributed by atoms with van der Waals surface area (Å²) in [6, 6.07) is 0.253. The molecule has 0 unspecified atom stereocenters. The van der Waals surface area contributed by atoms with Gasteiger partial charge in [-0.15, -0.1) is 0 Å². The van der Waals surface area contributed by atoms with E-state index in [1.165, 1.54) is 0 Å². The van der Waals surface area contributed by atoms with E-state index in [-0.39, 0.29) is 6.03 Å². The zero-order valence-electron chi connectivity index (χ0n) is 9.66. The molecule has 0 aliphatic heterocycles. The van der Waals surface area contributed by atoms with Crippen LogP contribution < -0.4 is 0 Å². The Hall–Kier alpha value is -0.180. The van der Waals surface area contributed by atoms with Gasteiger partial charge in [-0.2, -0.15) is 0 Å². The third-order valence-electron chi connectivity index (χ3n) is 0.931. The maximum atomic E-state index is 11.8. The maximum Gasteiger partial charge on any atom is 0.394 e. The van der Waals surface area contributed by atoms with Crippen LogP contribution in [0.3, 0.4) is 0 Å². The van der Waals surface area contributed by atoms with Gasteiger partial charge in [0.05, 0.1) is 11.2 Å². The van der Waals surface area contributed by atoms with Crippen molar-refractivity contribution in [2.75, 3.05) is 0 Å². The molecule has 0 aliphatic rings. The van der Waals surface area contributed by atoms with Crippen molar-refractivity contribution in [1.29, 1.82) is 0 Å². The molecule has 84 valence electrons. The standard InChI is InChI=1S/C9H19O4P/c1-8(2,3)12-14(11,7-10)13-9(4,5)6/h7H,1-6H3. The van der Waals surface area contributed by atoms with Crippen molar-refractivity contribution in [3.63, 3.8) is 0 Å². The summed E-state index contributed by atoms with van der Waals surface area (Å²) in [5, 5.41) is 0. The van der Waals surface area contributed by atoms with E-state index in [9.17, 15) is 9.36 Å². The van der Waals surface area contributed by atoms with Gasteiger partial charge >= 0.3 is 7.60 Å². The lowest BCUT2D eigenvalue weighted by Crippen LogP contribution is -2.24. The molecule has 0 aromatic rings. The Morgan fingerprint density at radius 2 is 1.21 bits per heavy atom. The molecule has 0 heterocycles. The van der Waals surface area contributed by atoms with Crippen molar-refractivity contribution < 1.29 is 18.4 Å². The summed E-state index contributed by atoms with van der Waals surface area (Å²) in [7, 11) is -3.62. The van der Waals surface area contributed by atoms with E-state index in [1.54, 1.807) is 41.5 Å². The fourth-order valence-corrected chi connectivity index (χ4v) is 2.48. The maximum absolute atomic E-state index is 11.8. The van der Waals surface area contributed by atoms with E-state index >= 15 is 0 Å². The lowest BCUT2D eigenvalue weighted by Gasteiger charge is -2.28. The highest BCUT2D eigenvalue weighted by atomic mass is 31.2. The van der Waals surface area contributed by atoms with Gasteiger partial charge in [-0.05, 0) is 41.5 Å². The molecule has 0 saturated carbocycles. The van der Waals surface area contributed by atoms with E-state index < -0.39 is 18.8 Å². The van der Waals surface area contributed by atoms with Gasteiger partial charge in [0.1, 0.15) is 0 Å². The average molecular weight is 222 g/mol. The Labute approximate surface area is 85.5 Å². The molecule has 0 rings (SSSR count). The highest BCUT2D eigenvalue weighted by Crippen LogP contribution is 2.51. The van der Waals surface area contributed by atoms with Crippen LogP contribution in [0, 0.1) is 0 Å². The number of carbonyl (C=O) groups excluding carboxylic acids is 1. The molecule has 4 nitrogen and oxygen atoms in total. The molecular weight excluding hydrogens is 203 g/mol. The zero-order valence-corrected chi connectivity index (χ0v) is 10.6. The molecule has 14 heavy (non-hydrogen) atoms. The lowest BCUT2D eigenvalue weighted by molar-refractivity contribution is 0.0561. The first kappa shape index (κ1) is 13.8. The minimum Gasteiger partial charge on any atom is -0.298 e. The van der Waals surface area contributed by atoms with Crippen molar-refractivity contribution in [1.82, 2.24) is 0 Å². The summed E-state index contributed by atoms with van der Waals surface area (Å²) in [5.74, 6) is 0. The highest BCUT2D eigenvalue weighted by Gasteiger charge is 2.34. The van der Waals surface area contributed by atoms with Crippen LogP contribution in [0.25, 0.3) is 0 Å². The molecule has 0 spiro atoms. The van der Waals surface area contributed by atoms with Crippen LogP contribution in [0.4, 0.5) is 0 Å². The predicted octanol–water partition coefficient (Wildman–Crippen LogP) is 3.00. The molecule has 0 aromatic carbocycles. The van der Waals surface area contributed by atoms with E-state index in [1.807, 2.05) is 0 Å². The van der Waals surface area contributed by atoms with Crippen molar-refractivity contribution in [2.45, 2.75) is 52.7 Å². The summed E-state index contributed by atoms with van der Waals surface area (Å²) >= 11 is 0. The average Bonchev–Trinajstić information content (AvgIpc) is 1.78. The summed E-state index contributed by atoms with van der Waals surface area (Å²) in [6.45, 7) is 10.3. The Morgan fingerprint density at radius 1 is 0.929 bits per heavy atom. The van der Waals surface area contributed by atoms with Gasteiger partial charge in [0, 0.05) is 0 Å². The van der Waals surface area contributed by atoms with Crippen molar-refractivity contribution in [3.8, 4) is 0 Å². The van der Waals surface area contributed by atoms with Gasteiger partial charge < -0.3 is 0 Å². The molecular formula is C9H19O4P. The summed E-state index contributed by atoms with van der Waals surface area (Å²) in [6.07, 6.45) is 0. The minimum absolute atomic E-state index is 0.253. The van der Waals surface area contributed by atoms with Crippen LogP contribution in [-0.4, -0.2) is 17.2 Å². The lowest BCUT2D eigenvalue weighted by atomic mass is 10.2. The van der Waals surface area contributed by atoms with E-state index in [0.29, 0.717) is 0 Å².